The normalized spacial score (nSPS) is 14.4. The molecule has 1 aliphatic rings. The first-order valence-corrected chi connectivity index (χ1v) is 9.45. The van der Waals surface area contributed by atoms with Crippen LogP contribution in [0.15, 0.2) is 83.6 Å². The Bertz CT molecular complexity index is 880. The quantitative estimate of drug-likeness (QED) is 0.363. The summed E-state index contributed by atoms with van der Waals surface area (Å²) in [6.07, 6.45) is 0. The summed E-state index contributed by atoms with van der Waals surface area (Å²) in [6.45, 7) is 0. The van der Waals surface area contributed by atoms with Crippen LogP contribution in [0.25, 0.3) is 9.75 Å². The van der Waals surface area contributed by atoms with E-state index in [-0.39, 0.29) is 5.41 Å². The number of hydrogen-bond acceptors (Lipinski definition) is 2. The van der Waals surface area contributed by atoms with Gasteiger partial charge in [0.1, 0.15) is 0 Å². The highest BCUT2D eigenvalue weighted by atomic mass is 32.1. The van der Waals surface area contributed by atoms with Crippen LogP contribution >= 0.6 is 22.7 Å². The van der Waals surface area contributed by atoms with Crippen molar-refractivity contribution in [2.75, 3.05) is 0 Å². The number of benzene rings is 2. The third kappa shape index (κ3) is 1.65. The Labute approximate surface area is 143 Å². The van der Waals surface area contributed by atoms with E-state index in [1.165, 1.54) is 32.0 Å². The van der Waals surface area contributed by atoms with Gasteiger partial charge in [-0.15, -0.1) is 22.7 Å². The largest absolute Gasteiger partial charge is 0.143 e. The zero-order valence-corrected chi connectivity index (χ0v) is 14.0. The molecule has 0 spiro atoms. The van der Waals surface area contributed by atoms with Gasteiger partial charge in [-0.2, -0.15) is 0 Å². The number of rotatable bonds is 2. The van der Waals surface area contributed by atoms with Crippen LogP contribution in [-0.4, -0.2) is 0 Å². The monoisotopic (exact) mass is 330 g/mol. The summed E-state index contributed by atoms with van der Waals surface area (Å²) in [5.41, 5.74) is 5.39. The second-order valence-corrected chi connectivity index (χ2v) is 7.64. The van der Waals surface area contributed by atoms with E-state index in [0.717, 1.165) is 0 Å². The van der Waals surface area contributed by atoms with E-state index in [2.05, 4.69) is 83.6 Å². The van der Waals surface area contributed by atoms with Crippen molar-refractivity contribution in [3.63, 3.8) is 0 Å². The molecule has 4 aromatic rings. The summed E-state index contributed by atoms with van der Waals surface area (Å²) in [5, 5.41) is 4.46. The predicted octanol–water partition coefficient (Wildman–Crippen LogP) is 6.17. The molecule has 0 atom stereocenters. The average molecular weight is 330 g/mol. The van der Waals surface area contributed by atoms with Gasteiger partial charge in [0.25, 0.3) is 0 Å². The molecule has 0 saturated heterocycles. The highest BCUT2D eigenvalue weighted by Crippen LogP contribution is 2.59. The van der Waals surface area contributed by atoms with Crippen molar-refractivity contribution < 1.29 is 0 Å². The van der Waals surface area contributed by atoms with Gasteiger partial charge in [0.15, 0.2) is 0 Å². The minimum absolute atomic E-state index is 0.173. The van der Waals surface area contributed by atoms with E-state index in [9.17, 15) is 0 Å². The second kappa shape index (κ2) is 4.92. The lowest BCUT2D eigenvalue weighted by atomic mass is 9.68. The molecule has 0 radical (unpaired) electrons. The molecule has 2 heterocycles. The topological polar surface area (TPSA) is 0 Å². The Morgan fingerprint density at radius 3 is 1.39 bits per heavy atom. The molecular formula is C21H14S2. The molecule has 0 saturated carbocycles. The van der Waals surface area contributed by atoms with E-state index in [0.29, 0.717) is 0 Å². The second-order valence-electron chi connectivity index (χ2n) is 5.81. The maximum absolute atomic E-state index is 2.31. The highest BCUT2D eigenvalue weighted by molar-refractivity contribution is 7.21. The number of hydrogen-bond donors (Lipinski definition) is 0. The van der Waals surface area contributed by atoms with Crippen LogP contribution in [0.3, 0.4) is 0 Å². The van der Waals surface area contributed by atoms with Gasteiger partial charge in [-0.05, 0) is 45.1 Å². The van der Waals surface area contributed by atoms with Crippen molar-refractivity contribution >= 4 is 22.7 Å². The fourth-order valence-corrected chi connectivity index (χ4v) is 5.97. The lowest BCUT2D eigenvalue weighted by molar-refractivity contribution is 0.772. The molecule has 2 heteroatoms. The van der Waals surface area contributed by atoms with Gasteiger partial charge in [0, 0.05) is 9.75 Å². The summed E-state index contributed by atoms with van der Waals surface area (Å²) in [7, 11) is 0. The van der Waals surface area contributed by atoms with Gasteiger partial charge >= 0.3 is 0 Å². The summed E-state index contributed by atoms with van der Waals surface area (Å²) in [5.74, 6) is 0. The van der Waals surface area contributed by atoms with Crippen molar-refractivity contribution in [2.45, 2.75) is 5.41 Å². The third-order valence-corrected chi connectivity index (χ3v) is 6.75. The van der Waals surface area contributed by atoms with E-state index in [1.54, 1.807) is 0 Å². The van der Waals surface area contributed by atoms with Gasteiger partial charge in [-0.3, -0.25) is 0 Å². The first-order chi connectivity index (χ1) is 11.4. The third-order valence-electron chi connectivity index (χ3n) is 4.76. The van der Waals surface area contributed by atoms with Gasteiger partial charge < -0.3 is 0 Å². The molecule has 2 aromatic carbocycles. The lowest BCUT2D eigenvalue weighted by Crippen LogP contribution is -2.27. The van der Waals surface area contributed by atoms with Crippen LogP contribution < -0.4 is 0 Å². The van der Waals surface area contributed by atoms with Crippen LogP contribution in [0, 0.1) is 0 Å². The molecule has 0 aliphatic heterocycles. The maximum Gasteiger partial charge on any atom is 0.0730 e. The van der Waals surface area contributed by atoms with Gasteiger partial charge in [0.2, 0.25) is 0 Å². The van der Waals surface area contributed by atoms with E-state index < -0.39 is 0 Å². The van der Waals surface area contributed by atoms with Crippen molar-refractivity contribution in [3.8, 4) is 9.75 Å². The lowest BCUT2D eigenvalue weighted by Gasteiger charge is -2.32. The van der Waals surface area contributed by atoms with Gasteiger partial charge in [-0.25, -0.2) is 0 Å². The van der Waals surface area contributed by atoms with Crippen molar-refractivity contribution in [1.82, 2.24) is 0 Å². The number of thiophene rings is 2. The van der Waals surface area contributed by atoms with E-state index in [1.807, 2.05) is 22.7 Å². The molecule has 23 heavy (non-hydrogen) atoms. The summed E-state index contributed by atoms with van der Waals surface area (Å²) < 4.78 is 0. The molecule has 0 bridgehead atoms. The average Bonchev–Trinajstić information content (AvgIpc) is 3.30. The molecule has 0 nitrogen and oxygen atoms in total. The minimum Gasteiger partial charge on any atom is -0.143 e. The minimum atomic E-state index is -0.173. The Kier molecular flexibility index (Phi) is 2.84. The zero-order valence-electron chi connectivity index (χ0n) is 12.4. The first kappa shape index (κ1) is 13.3. The van der Waals surface area contributed by atoms with Crippen LogP contribution in [-0.2, 0) is 5.41 Å². The predicted molar refractivity (Wildman–Crippen MR) is 99.5 cm³/mol. The van der Waals surface area contributed by atoms with Crippen molar-refractivity contribution in [1.29, 1.82) is 0 Å². The van der Waals surface area contributed by atoms with Crippen LogP contribution in [0.4, 0.5) is 0 Å². The SMILES string of the molecule is c1ccc(C2(c3ccccc3)c3ccsc3-c3sccc32)cc1. The van der Waals surface area contributed by atoms with E-state index >= 15 is 0 Å². The van der Waals surface area contributed by atoms with Crippen LogP contribution in [0.5, 0.6) is 0 Å². The molecule has 1 aliphatic carbocycles. The molecule has 0 N–H and O–H groups in total. The van der Waals surface area contributed by atoms with Crippen LogP contribution in [0.1, 0.15) is 22.3 Å². The highest BCUT2D eigenvalue weighted by Gasteiger charge is 2.47. The standard InChI is InChI=1S/C21H14S2/c1-3-7-15(8-4-1)21(16-9-5-2-6-10-16)17-11-13-22-19(17)20-18(21)12-14-23-20/h1-14H. The Balaban J connectivity index is 1.96. The fraction of sp³-hybridized carbons (Fsp3) is 0.0476. The summed E-state index contributed by atoms with van der Waals surface area (Å²) >= 11 is 3.72. The maximum atomic E-state index is 2.31. The smallest absolute Gasteiger partial charge is 0.0730 e. The summed E-state index contributed by atoms with van der Waals surface area (Å²) in [4.78, 5) is 2.87. The van der Waals surface area contributed by atoms with Gasteiger partial charge in [0.05, 0.1) is 5.41 Å². The molecule has 110 valence electrons. The van der Waals surface area contributed by atoms with E-state index in [4.69, 9.17) is 0 Å². The van der Waals surface area contributed by atoms with Crippen LogP contribution in [0.2, 0.25) is 0 Å². The molecule has 2 aromatic heterocycles. The number of fused-ring (bicyclic) bond motifs is 3. The molecular weight excluding hydrogens is 316 g/mol. The van der Waals surface area contributed by atoms with Crippen molar-refractivity contribution in [3.05, 3.63) is 106 Å². The van der Waals surface area contributed by atoms with Gasteiger partial charge in [-0.1, -0.05) is 60.7 Å². The summed E-state index contributed by atoms with van der Waals surface area (Å²) in [6, 6.07) is 26.5. The molecule has 0 unspecified atom stereocenters. The fourth-order valence-electron chi connectivity index (χ4n) is 3.87. The van der Waals surface area contributed by atoms with Crippen molar-refractivity contribution in [2.24, 2.45) is 0 Å². The Morgan fingerprint density at radius 1 is 0.522 bits per heavy atom. The Morgan fingerprint density at radius 2 is 0.957 bits per heavy atom. The first-order valence-electron chi connectivity index (χ1n) is 7.70. The zero-order chi connectivity index (χ0) is 15.3. The Hall–Kier alpha value is -2.16. The molecule has 0 fully saturated rings. The molecule has 5 rings (SSSR count). The molecule has 0 amide bonds.